The van der Waals surface area contributed by atoms with Gasteiger partial charge in [-0.3, -0.25) is 4.98 Å². The molecule has 1 nitrogen and oxygen atoms in total. The molecule has 0 radical (unpaired) electrons. The van der Waals surface area contributed by atoms with Gasteiger partial charge >= 0.3 is 0 Å². The number of hydrogen-bond acceptors (Lipinski definition) is 1. The molecule has 2 aromatic rings. The average Bonchev–Trinajstić information content (AvgIpc) is 2.27. The fourth-order valence-electron chi connectivity index (χ4n) is 1.85. The zero-order valence-corrected chi connectivity index (χ0v) is 10.5. The molecule has 1 aromatic heterocycles. The average molecular weight is 213 g/mol. The van der Waals surface area contributed by atoms with Crippen LogP contribution in [0, 0.1) is 0 Å². The van der Waals surface area contributed by atoms with Crippen molar-refractivity contribution in [2.75, 3.05) is 0 Å². The Kier molecular flexibility index (Phi) is 2.95. The first-order chi connectivity index (χ1) is 7.58. The van der Waals surface area contributed by atoms with Gasteiger partial charge in [-0.1, -0.05) is 39.8 Å². The summed E-state index contributed by atoms with van der Waals surface area (Å²) in [7, 11) is 0. The standard InChI is InChI=1S/C15H19N/c1-10(2)12-5-6-13-8-15(11(3)4)16-9-14(13)7-12/h5-11H,1-4H3. The third-order valence-corrected chi connectivity index (χ3v) is 3.03. The van der Waals surface area contributed by atoms with Crippen LogP contribution in [0.15, 0.2) is 30.5 Å². The molecule has 0 amide bonds. The van der Waals surface area contributed by atoms with Gasteiger partial charge in [0.05, 0.1) is 0 Å². The third kappa shape index (κ3) is 2.08. The van der Waals surface area contributed by atoms with Crippen molar-refractivity contribution in [3.8, 4) is 0 Å². The van der Waals surface area contributed by atoms with E-state index < -0.39 is 0 Å². The lowest BCUT2D eigenvalue weighted by atomic mass is 9.99. The first kappa shape index (κ1) is 11.1. The molecule has 0 aliphatic rings. The Balaban J connectivity index is 2.53. The van der Waals surface area contributed by atoms with E-state index in [-0.39, 0.29) is 0 Å². The van der Waals surface area contributed by atoms with Crippen molar-refractivity contribution < 1.29 is 0 Å². The SMILES string of the molecule is CC(C)c1ccc2cc(C(C)C)ncc2c1. The van der Waals surface area contributed by atoms with E-state index in [1.54, 1.807) is 0 Å². The molecular formula is C15H19N. The molecule has 1 heterocycles. The van der Waals surface area contributed by atoms with E-state index in [4.69, 9.17) is 0 Å². The van der Waals surface area contributed by atoms with Crippen molar-refractivity contribution in [1.82, 2.24) is 4.98 Å². The van der Waals surface area contributed by atoms with Crippen LogP contribution >= 0.6 is 0 Å². The summed E-state index contributed by atoms with van der Waals surface area (Å²) < 4.78 is 0. The molecule has 0 saturated carbocycles. The highest BCUT2D eigenvalue weighted by Crippen LogP contribution is 2.23. The largest absolute Gasteiger partial charge is 0.260 e. The predicted molar refractivity (Wildman–Crippen MR) is 69.9 cm³/mol. The zero-order valence-electron chi connectivity index (χ0n) is 10.5. The van der Waals surface area contributed by atoms with Gasteiger partial charge in [0.1, 0.15) is 0 Å². The lowest BCUT2D eigenvalue weighted by molar-refractivity contribution is 0.826. The minimum atomic E-state index is 0.495. The lowest BCUT2D eigenvalue weighted by Gasteiger charge is -2.09. The van der Waals surface area contributed by atoms with Gasteiger partial charge in [0.2, 0.25) is 0 Å². The summed E-state index contributed by atoms with van der Waals surface area (Å²) in [4.78, 5) is 4.51. The second-order valence-corrected chi connectivity index (χ2v) is 5.03. The van der Waals surface area contributed by atoms with Crippen molar-refractivity contribution in [1.29, 1.82) is 0 Å². The Morgan fingerprint density at radius 1 is 0.875 bits per heavy atom. The van der Waals surface area contributed by atoms with Gasteiger partial charge in [-0.2, -0.15) is 0 Å². The molecule has 1 aromatic carbocycles. The number of benzene rings is 1. The van der Waals surface area contributed by atoms with Gasteiger partial charge in [-0.15, -0.1) is 0 Å². The normalized spacial score (nSPS) is 11.6. The molecule has 84 valence electrons. The molecule has 0 N–H and O–H groups in total. The van der Waals surface area contributed by atoms with Crippen LogP contribution in [0.4, 0.5) is 0 Å². The topological polar surface area (TPSA) is 12.9 Å². The number of hydrogen-bond donors (Lipinski definition) is 0. The van der Waals surface area contributed by atoms with Gasteiger partial charge in [0.25, 0.3) is 0 Å². The van der Waals surface area contributed by atoms with Crippen molar-refractivity contribution in [2.24, 2.45) is 0 Å². The van der Waals surface area contributed by atoms with Gasteiger partial charge < -0.3 is 0 Å². The fourth-order valence-corrected chi connectivity index (χ4v) is 1.85. The van der Waals surface area contributed by atoms with Crippen molar-refractivity contribution in [3.05, 3.63) is 41.7 Å². The molecule has 0 atom stereocenters. The van der Waals surface area contributed by atoms with Crippen molar-refractivity contribution in [2.45, 2.75) is 39.5 Å². The predicted octanol–water partition coefficient (Wildman–Crippen LogP) is 4.48. The molecular weight excluding hydrogens is 194 g/mol. The molecule has 0 unspecified atom stereocenters. The van der Waals surface area contributed by atoms with Crippen LogP contribution in [0.2, 0.25) is 0 Å². The second kappa shape index (κ2) is 4.25. The number of aromatic nitrogens is 1. The van der Waals surface area contributed by atoms with Gasteiger partial charge in [-0.25, -0.2) is 0 Å². The highest BCUT2D eigenvalue weighted by Gasteiger charge is 2.04. The monoisotopic (exact) mass is 213 g/mol. The van der Waals surface area contributed by atoms with E-state index in [0.29, 0.717) is 11.8 Å². The molecule has 0 spiro atoms. The number of fused-ring (bicyclic) bond motifs is 1. The van der Waals surface area contributed by atoms with E-state index in [1.807, 2.05) is 6.20 Å². The van der Waals surface area contributed by atoms with E-state index in [1.165, 1.54) is 22.0 Å². The number of rotatable bonds is 2. The summed E-state index contributed by atoms with van der Waals surface area (Å²) in [6.45, 7) is 8.79. The molecule has 1 heteroatoms. The van der Waals surface area contributed by atoms with Gasteiger partial charge in [0, 0.05) is 17.3 Å². The van der Waals surface area contributed by atoms with Crippen LogP contribution in [0.5, 0.6) is 0 Å². The Morgan fingerprint density at radius 2 is 1.62 bits per heavy atom. The van der Waals surface area contributed by atoms with Crippen LogP contribution in [0.3, 0.4) is 0 Å². The summed E-state index contributed by atoms with van der Waals surface area (Å²) in [5.41, 5.74) is 2.55. The third-order valence-electron chi connectivity index (χ3n) is 3.03. The minimum Gasteiger partial charge on any atom is -0.260 e. The van der Waals surface area contributed by atoms with Crippen LogP contribution in [-0.4, -0.2) is 4.98 Å². The highest BCUT2D eigenvalue weighted by molar-refractivity contribution is 5.82. The summed E-state index contributed by atoms with van der Waals surface area (Å²) in [5, 5.41) is 2.54. The molecule has 0 fully saturated rings. The van der Waals surface area contributed by atoms with E-state index >= 15 is 0 Å². The maximum absolute atomic E-state index is 4.51. The van der Waals surface area contributed by atoms with E-state index in [0.717, 1.165) is 0 Å². The Morgan fingerprint density at radius 3 is 2.25 bits per heavy atom. The van der Waals surface area contributed by atoms with Crippen LogP contribution < -0.4 is 0 Å². The Hall–Kier alpha value is -1.37. The molecule has 0 bridgehead atoms. The molecule has 0 saturated heterocycles. The first-order valence-corrected chi connectivity index (χ1v) is 5.97. The second-order valence-electron chi connectivity index (χ2n) is 5.03. The highest BCUT2D eigenvalue weighted by atomic mass is 14.7. The maximum Gasteiger partial charge on any atom is 0.0435 e. The fraction of sp³-hybridized carbons (Fsp3) is 0.400. The van der Waals surface area contributed by atoms with Crippen LogP contribution in [0.25, 0.3) is 10.8 Å². The quantitative estimate of drug-likeness (QED) is 0.716. The summed E-state index contributed by atoms with van der Waals surface area (Å²) >= 11 is 0. The van der Waals surface area contributed by atoms with Crippen molar-refractivity contribution >= 4 is 10.8 Å². The number of nitrogens with zero attached hydrogens (tertiary/aromatic N) is 1. The smallest absolute Gasteiger partial charge is 0.0435 e. The van der Waals surface area contributed by atoms with Crippen LogP contribution in [0.1, 0.15) is 50.8 Å². The van der Waals surface area contributed by atoms with Crippen molar-refractivity contribution in [3.63, 3.8) is 0 Å². The summed E-state index contributed by atoms with van der Waals surface area (Å²) in [6, 6.07) is 8.87. The molecule has 0 aliphatic carbocycles. The van der Waals surface area contributed by atoms with Crippen LogP contribution in [-0.2, 0) is 0 Å². The van der Waals surface area contributed by atoms with Gasteiger partial charge in [0.15, 0.2) is 0 Å². The maximum atomic E-state index is 4.51. The minimum absolute atomic E-state index is 0.495. The lowest BCUT2D eigenvalue weighted by Crippen LogP contribution is -1.93. The van der Waals surface area contributed by atoms with E-state index in [9.17, 15) is 0 Å². The van der Waals surface area contributed by atoms with Gasteiger partial charge in [-0.05, 0) is 34.9 Å². The van der Waals surface area contributed by atoms with E-state index in [2.05, 4.69) is 56.9 Å². The Labute approximate surface area is 97.5 Å². The molecule has 16 heavy (non-hydrogen) atoms. The summed E-state index contributed by atoms with van der Waals surface area (Å²) in [6.07, 6.45) is 2.00. The number of pyridine rings is 1. The summed E-state index contributed by atoms with van der Waals surface area (Å²) in [5.74, 6) is 1.07. The molecule has 0 aliphatic heterocycles. The first-order valence-electron chi connectivity index (χ1n) is 5.97. The zero-order chi connectivity index (χ0) is 11.7. The Bertz CT molecular complexity index is 451. The molecule has 2 rings (SSSR count).